The van der Waals surface area contributed by atoms with Crippen molar-refractivity contribution in [2.24, 2.45) is 5.73 Å². The summed E-state index contributed by atoms with van der Waals surface area (Å²) in [6.07, 6.45) is 0.661. The third-order valence-electron chi connectivity index (χ3n) is 2.98. The Labute approximate surface area is 117 Å². The molecule has 2 rings (SSSR count). The van der Waals surface area contributed by atoms with Crippen LogP contribution in [-0.4, -0.2) is 18.4 Å². The summed E-state index contributed by atoms with van der Waals surface area (Å²) in [5.41, 5.74) is 8.26. The van der Waals surface area contributed by atoms with Crippen molar-refractivity contribution in [3.63, 3.8) is 0 Å². The summed E-state index contributed by atoms with van der Waals surface area (Å²) >= 11 is 0. The van der Waals surface area contributed by atoms with Crippen LogP contribution >= 0.6 is 0 Å². The van der Waals surface area contributed by atoms with Crippen LogP contribution in [-0.2, 0) is 16.0 Å². The van der Waals surface area contributed by atoms with E-state index in [1.54, 1.807) is 0 Å². The zero-order valence-corrected chi connectivity index (χ0v) is 11.0. The van der Waals surface area contributed by atoms with Gasteiger partial charge in [-0.2, -0.15) is 0 Å². The standard InChI is InChI=1S/C16H16N2O2/c17-15(19)16(20)18-11-10-12-6-8-14(9-7-12)13-4-2-1-3-5-13/h1-9H,10-11H2,(H2,17,19)(H,18,20). The fraction of sp³-hybridized carbons (Fsp3) is 0.125. The number of benzene rings is 2. The smallest absolute Gasteiger partial charge is 0.309 e. The van der Waals surface area contributed by atoms with Crippen molar-refractivity contribution in [1.29, 1.82) is 0 Å². The first-order valence-electron chi connectivity index (χ1n) is 6.39. The summed E-state index contributed by atoms with van der Waals surface area (Å²) in [7, 11) is 0. The SMILES string of the molecule is NC(=O)C(=O)NCCc1ccc(-c2ccccc2)cc1. The minimum Gasteiger partial charge on any atom is -0.361 e. The Kier molecular flexibility index (Phi) is 4.50. The molecule has 0 aromatic heterocycles. The maximum atomic E-state index is 11.0. The minimum absolute atomic E-state index is 0.395. The average Bonchev–Trinajstić information content (AvgIpc) is 2.48. The highest BCUT2D eigenvalue weighted by Gasteiger charge is 2.06. The number of amides is 2. The number of rotatable bonds is 4. The second-order valence-electron chi connectivity index (χ2n) is 4.43. The Bertz CT molecular complexity index is 592. The van der Waals surface area contributed by atoms with Crippen LogP contribution in [0.25, 0.3) is 11.1 Å². The van der Waals surface area contributed by atoms with E-state index in [1.165, 1.54) is 5.56 Å². The summed E-state index contributed by atoms with van der Waals surface area (Å²) < 4.78 is 0. The van der Waals surface area contributed by atoms with E-state index in [2.05, 4.69) is 17.4 Å². The van der Waals surface area contributed by atoms with Gasteiger partial charge in [-0.15, -0.1) is 0 Å². The van der Waals surface area contributed by atoms with E-state index in [1.807, 2.05) is 42.5 Å². The van der Waals surface area contributed by atoms with Crippen LogP contribution in [0.5, 0.6) is 0 Å². The van der Waals surface area contributed by atoms with E-state index in [0.717, 1.165) is 11.1 Å². The molecular formula is C16H16N2O2. The third-order valence-corrected chi connectivity index (χ3v) is 2.98. The third kappa shape index (κ3) is 3.68. The zero-order valence-electron chi connectivity index (χ0n) is 11.0. The molecule has 0 saturated heterocycles. The molecule has 0 aliphatic rings. The predicted octanol–water partition coefficient (Wildman–Crippen LogP) is 1.50. The number of nitrogens with one attached hydrogen (secondary N) is 1. The lowest BCUT2D eigenvalue weighted by Gasteiger charge is -2.05. The molecule has 0 heterocycles. The molecule has 2 amide bonds. The summed E-state index contributed by atoms with van der Waals surface area (Å²) in [5.74, 6) is -1.70. The van der Waals surface area contributed by atoms with Gasteiger partial charge in [0.1, 0.15) is 0 Å². The molecule has 102 valence electrons. The highest BCUT2D eigenvalue weighted by atomic mass is 16.2. The molecule has 0 bridgehead atoms. The molecule has 4 nitrogen and oxygen atoms in total. The largest absolute Gasteiger partial charge is 0.361 e. The molecule has 0 spiro atoms. The number of primary amides is 1. The Hall–Kier alpha value is -2.62. The van der Waals surface area contributed by atoms with Crippen LogP contribution in [0, 0.1) is 0 Å². The molecule has 0 saturated carbocycles. The van der Waals surface area contributed by atoms with E-state index in [9.17, 15) is 9.59 Å². The molecule has 2 aromatic rings. The average molecular weight is 268 g/mol. The lowest BCUT2D eigenvalue weighted by molar-refractivity contribution is -0.137. The van der Waals surface area contributed by atoms with Crippen LogP contribution in [0.4, 0.5) is 0 Å². The summed E-state index contributed by atoms with van der Waals surface area (Å²) in [5, 5.41) is 2.46. The van der Waals surface area contributed by atoms with E-state index in [0.29, 0.717) is 13.0 Å². The lowest BCUT2D eigenvalue weighted by Crippen LogP contribution is -2.37. The molecule has 0 aliphatic heterocycles. The summed E-state index contributed by atoms with van der Waals surface area (Å²) in [6.45, 7) is 0.395. The van der Waals surface area contributed by atoms with Crippen LogP contribution in [0.1, 0.15) is 5.56 Å². The van der Waals surface area contributed by atoms with E-state index in [4.69, 9.17) is 5.73 Å². The Morgan fingerprint density at radius 2 is 1.50 bits per heavy atom. The number of nitrogens with two attached hydrogens (primary N) is 1. The Morgan fingerprint density at radius 3 is 2.10 bits per heavy atom. The molecule has 0 fully saturated rings. The van der Waals surface area contributed by atoms with Gasteiger partial charge in [-0.3, -0.25) is 9.59 Å². The molecule has 2 aromatic carbocycles. The monoisotopic (exact) mass is 268 g/mol. The first kappa shape index (κ1) is 13.8. The predicted molar refractivity (Wildman–Crippen MR) is 77.8 cm³/mol. The van der Waals surface area contributed by atoms with Gasteiger partial charge in [0.05, 0.1) is 0 Å². The van der Waals surface area contributed by atoms with Gasteiger partial charge < -0.3 is 11.1 Å². The van der Waals surface area contributed by atoms with E-state index >= 15 is 0 Å². The summed E-state index contributed by atoms with van der Waals surface area (Å²) in [6, 6.07) is 18.2. The lowest BCUT2D eigenvalue weighted by atomic mass is 10.0. The van der Waals surface area contributed by atoms with Crippen LogP contribution in [0.2, 0.25) is 0 Å². The second-order valence-corrected chi connectivity index (χ2v) is 4.43. The molecule has 0 aliphatic carbocycles. The van der Waals surface area contributed by atoms with Crippen LogP contribution in [0.15, 0.2) is 54.6 Å². The van der Waals surface area contributed by atoms with Gasteiger partial charge >= 0.3 is 11.8 Å². The molecule has 0 radical (unpaired) electrons. The highest BCUT2D eigenvalue weighted by molar-refractivity contribution is 6.34. The normalized spacial score (nSPS) is 10.0. The number of carbonyl (C=O) groups is 2. The molecule has 0 unspecified atom stereocenters. The van der Waals surface area contributed by atoms with Crippen molar-refractivity contribution in [3.8, 4) is 11.1 Å². The molecule has 3 N–H and O–H groups in total. The molecule has 20 heavy (non-hydrogen) atoms. The maximum absolute atomic E-state index is 11.0. The first-order chi connectivity index (χ1) is 9.66. The first-order valence-corrected chi connectivity index (χ1v) is 6.39. The van der Waals surface area contributed by atoms with Crippen molar-refractivity contribution in [1.82, 2.24) is 5.32 Å². The number of hydrogen-bond acceptors (Lipinski definition) is 2. The van der Waals surface area contributed by atoms with Gasteiger partial charge in [0.25, 0.3) is 0 Å². The van der Waals surface area contributed by atoms with Crippen molar-refractivity contribution in [2.75, 3.05) is 6.54 Å². The van der Waals surface area contributed by atoms with E-state index in [-0.39, 0.29) is 0 Å². The van der Waals surface area contributed by atoms with Gasteiger partial charge in [-0.1, -0.05) is 54.6 Å². The maximum Gasteiger partial charge on any atom is 0.309 e. The molecule has 4 heteroatoms. The molecular weight excluding hydrogens is 252 g/mol. The van der Waals surface area contributed by atoms with Crippen molar-refractivity contribution in [2.45, 2.75) is 6.42 Å². The number of carbonyl (C=O) groups excluding carboxylic acids is 2. The molecule has 0 atom stereocenters. The Morgan fingerprint density at radius 1 is 0.900 bits per heavy atom. The quantitative estimate of drug-likeness (QED) is 0.825. The Balaban J connectivity index is 1.92. The van der Waals surface area contributed by atoms with Gasteiger partial charge in [0.15, 0.2) is 0 Å². The van der Waals surface area contributed by atoms with Crippen molar-refractivity contribution < 1.29 is 9.59 Å². The summed E-state index contributed by atoms with van der Waals surface area (Å²) in [4.78, 5) is 21.5. The number of hydrogen-bond donors (Lipinski definition) is 2. The van der Waals surface area contributed by atoms with Gasteiger partial charge in [-0.25, -0.2) is 0 Å². The topological polar surface area (TPSA) is 72.2 Å². The fourth-order valence-electron chi connectivity index (χ4n) is 1.90. The van der Waals surface area contributed by atoms with Gasteiger partial charge in [-0.05, 0) is 23.1 Å². The van der Waals surface area contributed by atoms with E-state index < -0.39 is 11.8 Å². The fourth-order valence-corrected chi connectivity index (χ4v) is 1.90. The van der Waals surface area contributed by atoms with Gasteiger partial charge in [0, 0.05) is 6.54 Å². The highest BCUT2D eigenvalue weighted by Crippen LogP contribution is 2.19. The minimum atomic E-state index is -0.954. The zero-order chi connectivity index (χ0) is 14.4. The van der Waals surface area contributed by atoms with Crippen LogP contribution < -0.4 is 11.1 Å². The van der Waals surface area contributed by atoms with Gasteiger partial charge in [0.2, 0.25) is 0 Å². The van der Waals surface area contributed by atoms with Crippen molar-refractivity contribution >= 4 is 11.8 Å². The van der Waals surface area contributed by atoms with Crippen LogP contribution in [0.3, 0.4) is 0 Å². The second kappa shape index (κ2) is 6.52. The van der Waals surface area contributed by atoms with Crippen molar-refractivity contribution in [3.05, 3.63) is 60.2 Å².